The van der Waals surface area contributed by atoms with E-state index in [1.54, 1.807) is 30.3 Å². The molecule has 0 saturated heterocycles. The summed E-state index contributed by atoms with van der Waals surface area (Å²) in [6.07, 6.45) is 3.09. The lowest BCUT2D eigenvalue weighted by molar-refractivity contribution is -0.117. The first-order chi connectivity index (χ1) is 18.3. The van der Waals surface area contributed by atoms with Crippen molar-refractivity contribution in [3.8, 4) is 0 Å². The Morgan fingerprint density at radius 2 is 1.84 bits per heavy atom. The zero-order valence-corrected chi connectivity index (χ0v) is 20.7. The van der Waals surface area contributed by atoms with E-state index in [1.807, 2.05) is 18.2 Å². The summed E-state index contributed by atoms with van der Waals surface area (Å²) in [7, 11) is 0. The van der Waals surface area contributed by atoms with Crippen LogP contribution in [0.25, 0.3) is 5.65 Å². The van der Waals surface area contributed by atoms with Gasteiger partial charge in [0, 0.05) is 24.2 Å². The third-order valence-electron chi connectivity index (χ3n) is 6.58. The lowest BCUT2D eigenvalue weighted by atomic mass is 10.0. The smallest absolute Gasteiger partial charge is 0.270 e. The molecule has 2 heterocycles. The molecule has 192 valence electrons. The third-order valence-corrected chi connectivity index (χ3v) is 6.58. The normalized spacial score (nSPS) is 14.2. The quantitative estimate of drug-likeness (QED) is 0.310. The van der Waals surface area contributed by atoms with Crippen LogP contribution in [0.3, 0.4) is 0 Å². The molecule has 0 aliphatic heterocycles. The number of aryl methyl sites for hydroxylation is 1. The van der Waals surface area contributed by atoms with E-state index in [2.05, 4.69) is 20.7 Å². The van der Waals surface area contributed by atoms with E-state index in [1.165, 1.54) is 23.7 Å². The van der Waals surface area contributed by atoms with Gasteiger partial charge in [-0.1, -0.05) is 36.4 Å². The second-order valence-electron chi connectivity index (χ2n) is 9.31. The molecule has 0 saturated carbocycles. The van der Waals surface area contributed by atoms with Crippen LogP contribution < -0.4 is 16.4 Å². The predicted molar refractivity (Wildman–Crippen MR) is 138 cm³/mol. The Balaban J connectivity index is 1.33. The number of primary amides is 1. The molecule has 0 radical (unpaired) electrons. The van der Waals surface area contributed by atoms with Gasteiger partial charge >= 0.3 is 0 Å². The number of hydrogen-bond donors (Lipinski definition) is 3. The minimum atomic E-state index is -0.453. The highest BCUT2D eigenvalue weighted by atomic mass is 16.2. The van der Waals surface area contributed by atoms with Crippen molar-refractivity contribution in [2.24, 2.45) is 5.73 Å². The molecule has 0 spiro atoms. The lowest BCUT2D eigenvalue weighted by Gasteiger charge is -2.15. The molecule has 4 N–H and O–H groups in total. The number of carbonyl (C=O) groups is 4. The summed E-state index contributed by atoms with van der Waals surface area (Å²) in [6.45, 7) is 1.74. The molecule has 5 rings (SSSR count). The molecule has 2 aromatic carbocycles. The number of rotatable bonds is 8. The monoisotopic (exact) mass is 510 g/mol. The molecule has 0 unspecified atom stereocenters. The standard InChI is InChI=1S/C28H26N6O4/c1-16(35)19-5-7-21-20(13-19)6-8-22(21)33-28(38)24-14-23(32-26-9-10-31-34(24)26)27(37)30-15-18-4-2-3-17(11-18)12-25(29)36/h2-5,7,9-11,13-14,22H,6,8,12,15H2,1H3,(H2,29,36)(H,30,37)(H,33,38)/t22-/m0/s1. The molecule has 1 aliphatic carbocycles. The largest absolute Gasteiger partial charge is 0.369 e. The average molecular weight is 511 g/mol. The van der Waals surface area contributed by atoms with Crippen molar-refractivity contribution < 1.29 is 19.2 Å². The van der Waals surface area contributed by atoms with Crippen LogP contribution in [0.5, 0.6) is 0 Å². The topological polar surface area (TPSA) is 149 Å². The SMILES string of the molecule is CC(=O)c1ccc2c(c1)CC[C@@H]2NC(=O)c1cc(C(=O)NCc2cccc(CC(N)=O)c2)nc2ccnn12. The maximum Gasteiger partial charge on any atom is 0.270 e. The predicted octanol–water partition coefficient (Wildman–Crippen LogP) is 2.31. The van der Waals surface area contributed by atoms with Gasteiger partial charge in [-0.05, 0) is 48.1 Å². The Labute approximate surface area is 218 Å². The van der Waals surface area contributed by atoms with Crippen LogP contribution in [0.15, 0.2) is 60.8 Å². The first-order valence-electron chi connectivity index (χ1n) is 12.2. The van der Waals surface area contributed by atoms with Crippen molar-refractivity contribution in [3.63, 3.8) is 0 Å². The van der Waals surface area contributed by atoms with Crippen LogP contribution >= 0.6 is 0 Å². The van der Waals surface area contributed by atoms with Crippen LogP contribution in [-0.4, -0.2) is 38.1 Å². The van der Waals surface area contributed by atoms with E-state index in [4.69, 9.17) is 5.73 Å². The minimum absolute atomic E-state index is 0.00215. The Bertz CT molecular complexity index is 1590. The molecule has 1 atom stereocenters. The molecule has 0 fully saturated rings. The lowest BCUT2D eigenvalue weighted by Crippen LogP contribution is -2.30. The number of aromatic nitrogens is 3. The van der Waals surface area contributed by atoms with Gasteiger partial charge in [-0.2, -0.15) is 5.10 Å². The highest BCUT2D eigenvalue weighted by Crippen LogP contribution is 2.32. The number of nitrogens with two attached hydrogens (primary N) is 1. The molecule has 3 amide bonds. The van der Waals surface area contributed by atoms with Gasteiger partial charge in [0.1, 0.15) is 11.4 Å². The fraction of sp³-hybridized carbons (Fsp3) is 0.214. The number of amides is 3. The summed E-state index contributed by atoms with van der Waals surface area (Å²) in [5.74, 6) is -1.27. The summed E-state index contributed by atoms with van der Waals surface area (Å²) in [6, 6.07) is 15.6. The maximum absolute atomic E-state index is 13.4. The Morgan fingerprint density at radius 1 is 1.03 bits per heavy atom. The zero-order valence-electron chi connectivity index (χ0n) is 20.7. The first-order valence-corrected chi connectivity index (χ1v) is 12.2. The molecular weight excluding hydrogens is 484 g/mol. The number of fused-ring (bicyclic) bond motifs is 2. The van der Waals surface area contributed by atoms with Crippen LogP contribution in [-0.2, 0) is 24.2 Å². The van der Waals surface area contributed by atoms with Crippen molar-refractivity contribution in [1.29, 1.82) is 0 Å². The second-order valence-corrected chi connectivity index (χ2v) is 9.31. The van der Waals surface area contributed by atoms with Crippen molar-refractivity contribution >= 4 is 29.2 Å². The summed E-state index contributed by atoms with van der Waals surface area (Å²) in [5.41, 5.74) is 10.1. The number of benzene rings is 2. The number of hydrogen-bond acceptors (Lipinski definition) is 6. The number of nitrogens with zero attached hydrogens (tertiary/aromatic N) is 3. The summed E-state index contributed by atoms with van der Waals surface area (Å²) in [5, 5.41) is 10.1. The molecule has 1 aliphatic rings. The van der Waals surface area contributed by atoms with E-state index in [0.29, 0.717) is 17.6 Å². The van der Waals surface area contributed by atoms with Gasteiger partial charge in [0.2, 0.25) is 5.91 Å². The van der Waals surface area contributed by atoms with Crippen LogP contribution in [0.2, 0.25) is 0 Å². The maximum atomic E-state index is 13.4. The first kappa shape index (κ1) is 24.8. The molecule has 2 aromatic heterocycles. The minimum Gasteiger partial charge on any atom is -0.369 e. The van der Waals surface area contributed by atoms with E-state index in [9.17, 15) is 19.2 Å². The van der Waals surface area contributed by atoms with Crippen LogP contribution in [0.4, 0.5) is 0 Å². The summed E-state index contributed by atoms with van der Waals surface area (Å²) < 4.78 is 1.40. The van der Waals surface area contributed by atoms with Crippen molar-refractivity contribution in [2.75, 3.05) is 0 Å². The van der Waals surface area contributed by atoms with Gasteiger partial charge in [0.15, 0.2) is 11.4 Å². The number of ketones is 1. The van der Waals surface area contributed by atoms with Crippen molar-refractivity contribution in [3.05, 3.63) is 100.0 Å². The Hall–Kier alpha value is -4.86. The van der Waals surface area contributed by atoms with Crippen LogP contribution in [0.1, 0.15) is 73.0 Å². The van der Waals surface area contributed by atoms with Gasteiger partial charge in [0.05, 0.1) is 18.7 Å². The number of Topliss-reactive ketones (excluding diaryl/α,β-unsaturated/α-hetero) is 1. The van der Waals surface area contributed by atoms with E-state index < -0.39 is 11.8 Å². The second kappa shape index (κ2) is 10.3. The summed E-state index contributed by atoms with van der Waals surface area (Å²) in [4.78, 5) is 53.6. The molecule has 10 heteroatoms. The Morgan fingerprint density at radius 3 is 2.63 bits per heavy atom. The highest BCUT2D eigenvalue weighted by molar-refractivity contribution is 5.98. The average Bonchev–Trinajstić information content (AvgIpc) is 3.53. The molecule has 10 nitrogen and oxygen atoms in total. The van der Waals surface area contributed by atoms with Gasteiger partial charge in [-0.15, -0.1) is 0 Å². The van der Waals surface area contributed by atoms with Gasteiger partial charge < -0.3 is 16.4 Å². The number of nitrogens with one attached hydrogen (secondary N) is 2. The molecule has 0 bridgehead atoms. The fourth-order valence-electron chi connectivity index (χ4n) is 4.73. The van der Waals surface area contributed by atoms with Gasteiger partial charge in [-0.3, -0.25) is 19.2 Å². The Kier molecular flexibility index (Phi) is 6.69. The molecule has 4 aromatic rings. The van der Waals surface area contributed by atoms with Gasteiger partial charge in [-0.25, -0.2) is 9.50 Å². The third kappa shape index (κ3) is 5.15. The van der Waals surface area contributed by atoms with Crippen LogP contribution in [0, 0.1) is 0 Å². The van der Waals surface area contributed by atoms with Crippen molar-refractivity contribution in [1.82, 2.24) is 25.2 Å². The molecular formula is C28H26N6O4. The highest BCUT2D eigenvalue weighted by Gasteiger charge is 2.26. The van der Waals surface area contributed by atoms with E-state index >= 15 is 0 Å². The molecule has 38 heavy (non-hydrogen) atoms. The van der Waals surface area contributed by atoms with Crippen molar-refractivity contribution in [2.45, 2.75) is 38.8 Å². The summed E-state index contributed by atoms with van der Waals surface area (Å²) >= 11 is 0. The zero-order chi connectivity index (χ0) is 26.8. The fourth-order valence-corrected chi connectivity index (χ4v) is 4.73. The van der Waals surface area contributed by atoms with Gasteiger partial charge in [0.25, 0.3) is 11.8 Å². The van der Waals surface area contributed by atoms with E-state index in [0.717, 1.165) is 28.7 Å². The number of carbonyl (C=O) groups excluding carboxylic acids is 4. The van der Waals surface area contributed by atoms with E-state index in [-0.39, 0.29) is 42.1 Å².